The molecule has 0 bridgehead atoms. The number of pyridine rings is 1. The molecule has 0 aliphatic rings. The van der Waals surface area contributed by atoms with Crippen molar-refractivity contribution in [3.63, 3.8) is 0 Å². The minimum absolute atomic E-state index is 0.113. The average molecular weight is 276 g/mol. The lowest BCUT2D eigenvalue weighted by Crippen LogP contribution is -2.25. The highest BCUT2D eigenvalue weighted by Crippen LogP contribution is 2.19. The summed E-state index contributed by atoms with van der Waals surface area (Å²) in [5.74, 6) is -0.113. The van der Waals surface area contributed by atoms with Crippen LogP contribution in [0.2, 0.25) is 5.02 Å². The van der Waals surface area contributed by atoms with E-state index in [0.29, 0.717) is 17.3 Å². The highest BCUT2D eigenvalue weighted by Gasteiger charge is 2.07. The molecule has 1 amide bonds. The van der Waals surface area contributed by atoms with Crippen molar-refractivity contribution in [3.8, 4) is 0 Å². The predicted octanol–water partition coefficient (Wildman–Crippen LogP) is 2.18. The van der Waals surface area contributed by atoms with Gasteiger partial charge in [-0.3, -0.25) is 9.78 Å². The molecule has 2 aromatic rings. The van der Waals surface area contributed by atoms with Crippen molar-refractivity contribution in [2.45, 2.75) is 13.0 Å². The smallest absolute Gasteiger partial charge is 0.224 e. The van der Waals surface area contributed by atoms with Gasteiger partial charge in [-0.25, -0.2) is 0 Å². The molecular weight excluding hydrogens is 262 g/mol. The van der Waals surface area contributed by atoms with E-state index < -0.39 is 0 Å². The molecule has 0 saturated carbocycles. The number of amides is 1. The zero-order chi connectivity index (χ0) is 13.7. The Morgan fingerprint density at radius 1 is 1.32 bits per heavy atom. The van der Waals surface area contributed by atoms with Crippen LogP contribution in [0.3, 0.4) is 0 Å². The summed E-state index contributed by atoms with van der Waals surface area (Å²) in [6.45, 7) is 0.402. The number of nitrogens with one attached hydrogen (secondary N) is 1. The second kappa shape index (κ2) is 6.20. The molecule has 0 atom stereocenters. The molecule has 1 aromatic heterocycles. The van der Waals surface area contributed by atoms with Gasteiger partial charge in [-0.15, -0.1) is 0 Å². The average Bonchev–Trinajstić information content (AvgIpc) is 2.42. The van der Waals surface area contributed by atoms with Crippen LogP contribution in [-0.4, -0.2) is 10.9 Å². The SMILES string of the molecule is Nc1ccc(Cl)c(CC(=O)NCc2ccccn2)c1. The van der Waals surface area contributed by atoms with Crippen molar-refractivity contribution < 1.29 is 4.79 Å². The van der Waals surface area contributed by atoms with Gasteiger partial charge in [0, 0.05) is 16.9 Å². The van der Waals surface area contributed by atoms with E-state index in [-0.39, 0.29) is 12.3 Å². The monoisotopic (exact) mass is 275 g/mol. The highest BCUT2D eigenvalue weighted by atomic mass is 35.5. The zero-order valence-electron chi connectivity index (χ0n) is 10.3. The minimum Gasteiger partial charge on any atom is -0.399 e. The maximum Gasteiger partial charge on any atom is 0.224 e. The number of hydrogen-bond donors (Lipinski definition) is 2. The Hall–Kier alpha value is -2.07. The van der Waals surface area contributed by atoms with Gasteiger partial charge >= 0.3 is 0 Å². The number of nitrogens with two attached hydrogens (primary N) is 1. The number of rotatable bonds is 4. The van der Waals surface area contributed by atoms with Crippen molar-refractivity contribution >= 4 is 23.2 Å². The standard InChI is InChI=1S/C14H14ClN3O/c15-13-5-4-11(16)7-10(13)8-14(19)18-9-12-3-1-2-6-17-12/h1-7H,8-9,16H2,(H,18,19). The Morgan fingerprint density at radius 2 is 2.16 bits per heavy atom. The van der Waals surface area contributed by atoms with Crippen molar-refractivity contribution in [1.82, 2.24) is 10.3 Å². The van der Waals surface area contributed by atoms with Gasteiger partial charge < -0.3 is 11.1 Å². The van der Waals surface area contributed by atoms with Crippen LogP contribution in [-0.2, 0) is 17.8 Å². The molecule has 1 heterocycles. The number of nitrogens with zero attached hydrogens (tertiary/aromatic N) is 1. The van der Waals surface area contributed by atoms with Crippen LogP contribution in [0.5, 0.6) is 0 Å². The van der Waals surface area contributed by atoms with Gasteiger partial charge in [0.05, 0.1) is 18.7 Å². The van der Waals surface area contributed by atoms with E-state index in [1.165, 1.54) is 0 Å². The van der Waals surface area contributed by atoms with Gasteiger partial charge in [0.2, 0.25) is 5.91 Å². The third-order valence-electron chi connectivity index (χ3n) is 2.61. The summed E-state index contributed by atoms with van der Waals surface area (Å²) in [5, 5.41) is 3.34. The molecule has 0 unspecified atom stereocenters. The fraction of sp³-hybridized carbons (Fsp3) is 0.143. The fourth-order valence-corrected chi connectivity index (χ4v) is 1.84. The molecule has 5 heteroatoms. The van der Waals surface area contributed by atoms with Crippen LogP contribution >= 0.6 is 11.6 Å². The molecule has 3 N–H and O–H groups in total. The van der Waals surface area contributed by atoms with Crippen LogP contribution in [0.4, 0.5) is 5.69 Å². The number of anilines is 1. The summed E-state index contributed by atoms with van der Waals surface area (Å²) in [4.78, 5) is 15.9. The van der Waals surface area contributed by atoms with Gasteiger partial charge in [0.25, 0.3) is 0 Å². The molecule has 1 aromatic carbocycles. The van der Waals surface area contributed by atoms with Gasteiger partial charge in [-0.05, 0) is 35.9 Å². The van der Waals surface area contributed by atoms with Gasteiger partial charge in [0.15, 0.2) is 0 Å². The molecule has 0 fully saturated rings. The second-order valence-corrected chi connectivity index (χ2v) is 4.53. The molecule has 19 heavy (non-hydrogen) atoms. The number of carbonyl (C=O) groups excluding carboxylic acids is 1. The van der Waals surface area contributed by atoms with E-state index in [2.05, 4.69) is 10.3 Å². The van der Waals surface area contributed by atoms with E-state index in [1.807, 2.05) is 18.2 Å². The maximum atomic E-state index is 11.8. The molecule has 0 aliphatic heterocycles. The van der Waals surface area contributed by atoms with Crippen LogP contribution < -0.4 is 11.1 Å². The van der Waals surface area contributed by atoms with E-state index >= 15 is 0 Å². The summed E-state index contributed by atoms with van der Waals surface area (Å²) < 4.78 is 0. The summed E-state index contributed by atoms with van der Waals surface area (Å²) >= 11 is 6.01. The van der Waals surface area contributed by atoms with Gasteiger partial charge in [-0.2, -0.15) is 0 Å². The first-order chi connectivity index (χ1) is 9.15. The summed E-state index contributed by atoms with van der Waals surface area (Å²) in [5.41, 5.74) is 7.80. The molecular formula is C14H14ClN3O. The first-order valence-corrected chi connectivity index (χ1v) is 6.23. The lowest BCUT2D eigenvalue weighted by atomic mass is 10.1. The number of nitrogen functional groups attached to an aromatic ring is 1. The lowest BCUT2D eigenvalue weighted by molar-refractivity contribution is -0.120. The van der Waals surface area contributed by atoms with Crippen molar-refractivity contribution in [2.75, 3.05) is 5.73 Å². The first-order valence-electron chi connectivity index (χ1n) is 5.85. The number of benzene rings is 1. The van der Waals surface area contributed by atoms with E-state index in [9.17, 15) is 4.79 Å². The van der Waals surface area contributed by atoms with E-state index in [1.54, 1.807) is 24.4 Å². The number of aromatic nitrogens is 1. The molecule has 0 saturated heterocycles. The largest absolute Gasteiger partial charge is 0.399 e. The van der Waals surface area contributed by atoms with Gasteiger partial charge in [0.1, 0.15) is 0 Å². The normalized spacial score (nSPS) is 10.2. The Kier molecular flexibility index (Phi) is 4.36. The quantitative estimate of drug-likeness (QED) is 0.841. The fourth-order valence-electron chi connectivity index (χ4n) is 1.66. The molecule has 0 radical (unpaired) electrons. The summed E-state index contributed by atoms with van der Waals surface area (Å²) in [7, 11) is 0. The third kappa shape index (κ3) is 3.96. The Bertz CT molecular complexity index is 572. The van der Waals surface area contributed by atoms with Crippen LogP contribution in [0.25, 0.3) is 0 Å². The maximum absolute atomic E-state index is 11.8. The summed E-state index contributed by atoms with van der Waals surface area (Å²) in [6, 6.07) is 10.7. The molecule has 0 aliphatic carbocycles. The second-order valence-electron chi connectivity index (χ2n) is 4.13. The molecule has 98 valence electrons. The third-order valence-corrected chi connectivity index (χ3v) is 2.98. The summed E-state index contributed by atoms with van der Waals surface area (Å²) in [6.07, 6.45) is 1.90. The highest BCUT2D eigenvalue weighted by molar-refractivity contribution is 6.31. The van der Waals surface area contributed by atoms with Crippen LogP contribution in [0.15, 0.2) is 42.6 Å². The molecule has 0 spiro atoms. The van der Waals surface area contributed by atoms with Crippen LogP contribution in [0, 0.1) is 0 Å². The molecule has 2 rings (SSSR count). The first kappa shape index (κ1) is 13.4. The zero-order valence-corrected chi connectivity index (χ0v) is 11.0. The number of halogens is 1. The topological polar surface area (TPSA) is 68.0 Å². The van der Waals surface area contributed by atoms with E-state index in [0.717, 1.165) is 11.3 Å². The van der Waals surface area contributed by atoms with Crippen molar-refractivity contribution in [1.29, 1.82) is 0 Å². The Labute approximate surface area is 116 Å². The minimum atomic E-state index is -0.113. The van der Waals surface area contributed by atoms with E-state index in [4.69, 9.17) is 17.3 Å². The number of carbonyl (C=O) groups is 1. The van der Waals surface area contributed by atoms with Crippen molar-refractivity contribution in [3.05, 3.63) is 58.9 Å². The number of hydrogen-bond acceptors (Lipinski definition) is 3. The van der Waals surface area contributed by atoms with Gasteiger partial charge in [-0.1, -0.05) is 17.7 Å². The molecule has 4 nitrogen and oxygen atoms in total. The Balaban J connectivity index is 1.93. The predicted molar refractivity (Wildman–Crippen MR) is 75.7 cm³/mol. The Morgan fingerprint density at radius 3 is 2.89 bits per heavy atom. The lowest BCUT2D eigenvalue weighted by Gasteiger charge is -2.07. The van der Waals surface area contributed by atoms with Crippen LogP contribution in [0.1, 0.15) is 11.3 Å². The van der Waals surface area contributed by atoms with Crippen molar-refractivity contribution in [2.24, 2.45) is 0 Å².